The van der Waals surface area contributed by atoms with E-state index in [4.69, 9.17) is 19.3 Å². The summed E-state index contributed by atoms with van der Waals surface area (Å²) in [5.74, 6) is 9.63. The number of hydrogen-bond acceptors (Lipinski definition) is 0. The molecule has 0 atom stereocenters. The molecule has 7 rings (SSSR count). The molecule has 34 heavy (non-hydrogen) atoms. The van der Waals surface area contributed by atoms with Crippen LogP contribution < -0.4 is 0 Å². The molecule has 0 saturated heterocycles. The van der Waals surface area contributed by atoms with E-state index < -0.39 is 0 Å². The average molecular weight is 437 g/mol. The van der Waals surface area contributed by atoms with Crippen LogP contribution in [-0.2, 0) is 16.2 Å². The van der Waals surface area contributed by atoms with Crippen molar-refractivity contribution in [2.24, 2.45) is 5.92 Å². The van der Waals surface area contributed by atoms with Crippen LogP contribution in [0.15, 0.2) is 72.8 Å². The number of benzene rings is 3. The molecule has 0 heteroatoms. The van der Waals surface area contributed by atoms with Crippen LogP contribution in [0.25, 0.3) is 0 Å². The van der Waals surface area contributed by atoms with Gasteiger partial charge in [-0.05, 0) is 95.6 Å². The van der Waals surface area contributed by atoms with Gasteiger partial charge in [0.15, 0.2) is 0 Å². The van der Waals surface area contributed by atoms with Crippen molar-refractivity contribution in [3.63, 3.8) is 0 Å². The minimum atomic E-state index is 0.0196. The van der Waals surface area contributed by atoms with E-state index in [0.29, 0.717) is 5.92 Å². The van der Waals surface area contributed by atoms with Crippen LogP contribution in [0.3, 0.4) is 0 Å². The summed E-state index contributed by atoms with van der Waals surface area (Å²) in [4.78, 5) is 0. The molecular weight excluding hydrogens is 408 g/mol. The first-order chi connectivity index (χ1) is 16.6. The second kappa shape index (κ2) is 7.42. The molecule has 4 saturated carbocycles. The van der Waals surface area contributed by atoms with Gasteiger partial charge in [0.1, 0.15) is 0 Å². The van der Waals surface area contributed by atoms with Crippen LogP contribution in [0, 0.1) is 42.9 Å². The Kier molecular flexibility index (Phi) is 4.57. The highest BCUT2D eigenvalue weighted by atomic mass is 14.7. The van der Waals surface area contributed by atoms with Crippen LogP contribution in [-0.4, -0.2) is 0 Å². The van der Waals surface area contributed by atoms with Gasteiger partial charge in [-0.15, -0.1) is 19.3 Å². The van der Waals surface area contributed by atoms with Crippen LogP contribution in [0.5, 0.6) is 0 Å². The lowest BCUT2D eigenvalue weighted by Crippen LogP contribution is -2.62. The summed E-state index contributed by atoms with van der Waals surface area (Å²) < 4.78 is 0. The van der Waals surface area contributed by atoms with E-state index in [1.54, 1.807) is 0 Å². The highest BCUT2D eigenvalue weighted by Crippen LogP contribution is 2.71. The van der Waals surface area contributed by atoms with E-state index in [1.807, 2.05) is 0 Å². The molecule has 164 valence electrons. The monoisotopic (exact) mass is 436 g/mol. The standard InChI is InChI=1S/C34H28/c1-4-26-13-7-10-16-29(26)32-19-25-20-33(22-32,30-17-11-8-14-27(30)5-2)24-34(21-25,23-32)31-18-12-9-15-28(31)6-3/h1-3,7-18,25H,19-24H2. The Balaban J connectivity index is 1.63. The van der Waals surface area contributed by atoms with E-state index in [-0.39, 0.29) is 16.2 Å². The average Bonchev–Trinajstić information content (AvgIpc) is 2.88. The van der Waals surface area contributed by atoms with Crippen LogP contribution in [0.2, 0.25) is 0 Å². The third-order valence-corrected chi connectivity index (χ3v) is 9.03. The summed E-state index contributed by atoms with van der Waals surface area (Å²) in [6.45, 7) is 0. The third kappa shape index (κ3) is 2.84. The van der Waals surface area contributed by atoms with Gasteiger partial charge in [-0.3, -0.25) is 0 Å². The highest BCUT2D eigenvalue weighted by molar-refractivity contribution is 5.55. The zero-order chi connectivity index (χ0) is 23.4. The topological polar surface area (TPSA) is 0 Å². The van der Waals surface area contributed by atoms with Gasteiger partial charge in [0.25, 0.3) is 0 Å². The highest BCUT2D eigenvalue weighted by Gasteiger charge is 2.65. The van der Waals surface area contributed by atoms with Crippen molar-refractivity contribution < 1.29 is 0 Å². The number of terminal acetylenes is 3. The minimum Gasteiger partial charge on any atom is -0.115 e. The fraction of sp³-hybridized carbons (Fsp3) is 0.294. The smallest absolute Gasteiger partial charge is 0.0280 e. The molecule has 0 heterocycles. The molecule has 4 aliphatic carbocycles. The van der Waals surface area contributed by atoms with Gasteiger partial charge in [-0.25, -0.2) is 0 Å². The van der Waals surface area contributed by atoms with Crippen LogP contribution in [0.4, 0.5) is 0 Å². The van der Waals surface area contributed by atoms with Crippen molar-refractivity contribution >= 4 is 0 Å². The molecule has 0 N–H and O–H groups in total. The molecule has 4 aliphatic rings. The molecule has 0 aromatic heterocycles. The van der Waals surface area contributed by atoms with Gasteiger partial charge >= 0.3 is 0 Å². The summed E-state index contributed by atoms with van der Waals surface area (Å²) in [5, 5.41) is 0. The first-order valence-corrected chi connectivity index (χ1v) is 12.3. The summed E-state index contributed by atoms with van der Waals surface area (Å²) in [6.07, 6.45) is 25.0. The third-order valence-electron chi connectivity index (χ3n) is 9.03. The molecule has 3 aromatic carbocycles. The molecule has 0 nitrogen and oxygen atoms in total. The minimum absolute atomic E-state index is 0.0196. The molecule has 0 amide bonds. The second-order valence-electron chi connectivity index (χ2n) is 10.9. The zero-order valence-electron chi connectivity index (χ0n) is 19.5. The van der Waals surface area contributed by atoms with E-state index >= 15 is 0 Å². The lowest BCUT2D eigenvalue weighted by molar-refractivity contribution is -0.0496. The fourth-order valence-corrected chi connectivity index (χ4v) is 8.55. The fourth-order valence-electron chi connectivity index (χ4n) is 8.55. The predicted molar refractivity (Wildman–Crippen MR) is 139 cm³/mol. The molecule has 4 bridgehead atoms. The number of hydrogen-bond donors (Lipinski definition) is 0. The van der Waals surface area contributed by atoms with Crippen LogP contribution >= 0.6 is 0 Å². The molecular formula is C34H28. The van der Waals surface area contributed by atoms with Crippen molar-refractivity contribution in [2.75, 3.05) is 0 Å². The molecule has 4 fully saturated rings. The molecule has 0 radical (unpaired) electrons. The first kappa shape index (κ1) is 20.9. The Hall–Kier alpha value is -3.66. The van der Waals surface area contributed by atoms with Gasteiger partial charge in [0.05, 0.1) is 0 Å². The van der Waals surface area contributed by atoms with E-state index in [2.05, 4.69) is 90.6 Å². The molecule has 0 aliphatic heterocycles. The Morgan fingerprint density at radius 1 is 0.500 bits per heavy atom. The van der Waals surface area contributed by atoms with Gasteiger partial charge in [-0.2, -0.15) is 0 Å². The predicted octanol–water partition coefficient (Wildman–Crippen LogP) is 6.74. The number of rotatable bonds is 3. The Morgan fingerprint density at radius 2 is 0.794 bits per heavy atom. The van der Waals surface area contributed by atoms with Crippen molar-refractivity contribution in [3.8, 4) is 37.0 Å². The largest absolute Gasteiger partial charge is 0.115 e. The Morgan fingerprint density at radius 3 is 1.09 bits per heavy atom. The van der Waals surface area contributed by atoms with Gasteiger partial charge in [0, 0.05) is 16.7 Å². The maximum atomic E-state index is 6.05. The van der Waals surface area contributed by atoms with Gasteiger partial charge in [-0.1, -0.05) is 72.4 Å². The van der Waals surface area contributed by atoms with Crippen molar-refractivity contribution in [1.82, 2.24) is 0 Å². The Labute approximate surface area is 203 Å². The summed E-state index contributed by atoms with van der Waals surface area (Å²) in [7, 11) is 0. The summed E-state index contributed by atoms with van der Waals surface area (Å²) in [6, 6.07) is 25.8. The normalized spacial score (nSPS) is 30.8. The quantitative estimate of drug-likeness (QED) is 0.399. The van der Waals surface area contributed by atoms with Gasteiger partial charge in [0.2, 0.25) is 0 Å². The summed E-state index contributed by atoms with van der Waals surface area (Å²) >= 11 is 0. The van der Waals surface area contributed by atoms with Crippen molar-refractivity contribution in [2.45, 2.75) is 54.8 Å². The molecule has 0 spiro atoms. The lowest BCUT2D eigenvalue weighted by Gasteiger charge is -2.67. The Bertz CT molecular complexity index is 1230. The second-order valence-corrected chi connectivity index (χ2v) is 10.9. The summed E-state index contributed by atoms with van der Waals surface area (Å²) in [5.41, 5.74) is 7.18. The van der Waals surface area contributed by atoms with E-state index in [9.17, 15) is 0 Å². The first-order valence-electron chi connectivity index (χ1n) is 12.3. The zero-order valence-corrected chi connectivity index (χ0v) is 19.5. The maximum absolute atomic E-state index is 6.05. The SMILES string of the molecule is C#Cc1ccccc1C12CC3CC(c4ccccc4C#C)(C1)CC(c1ccccc1C#C)(C3)C2. The van der Waals surface area contributed by atoms with Crippen LogP contribution in [0.1, 0.15) is 71.9 Å². The molecule has 3 aromatic rings. The molecule has 0 unspecified atom stereocenters. The van der Waals surface area contributed by atoms with Crippen molar-refractivity contribution in [3.05, 3.63) is 106 Å². The van der Waals surface area contributed by atoms with Gasteiger partial charge < -0.3 is 0 Å². The lowest BCUT2D eigenvalue weighted by atomic mass is 9.36. The maximum Gasteiger partial charge on any atom is 0.0280 e. The van der Waals surface area contributed by atoms with Crippen molar-refractivity contribution in [1.29, 1.82) is 0 Å². The van der Waals surface area contributed by atoms with E-state index in [1.165, 1.54) is 36.0 Å². The van der Waals surface area contributed by atoms with E-state index in [0.717, 1.165) is 36.0 Å².